The summed E-state index contributed by atoms with van der Waals surface area (Å²) in [6.45, 7) is -3.03. The molecule has 1 aromatic carbocycles. The molecule has 0 radical (unpaired) electrons. The zero-order valence-corrected chi connectivity index (χ0v) is 11.8. The molecule has 0 atom stereocenters. The Bertz CT molecular complexity index is 645. The van der Waals surface area contributed by atoms with Crippen molar-refractivity contribution in [2.45, 2.75) is 11.3 Å². The fourth-order valence-corrected chi connectivity index (χ4v) is 2.46. The topological polar surface area (TPSA) is 26.0 Å². The van der Waals surface area contributed by atoms with Crippen molar-refractivity contribution in [2.75, 3.05) is 13.3 Å². The van der Waals surface area contributed by atoms with Crippen LogP contribution in [0.15, 0.2) is 56.5 Å². The van der Waals surface area contributed by atoms with E-state index >= 15 is 0 Å². The van der Waals surface area contributed by atoms with Crippen LogP contribution < -0.4 is 0 Å². The predicted molar refractivity (Wildman–Crippen MR) is 72.8 cm³/mol. The standard InChI is InChI=1S/C14H10F5NOS/c15-7-10(8-16)13(14(17,18)19)22-12-6-11(20-21-12)9-4-2-1-3-5-9/h1-6H,7-8H2. The second-order valence-electron chi connectivity index (χ2n) is 4.20. The summed E-state index contributed by atoms with van der Waals surface area (Å²) in [5.41, 5.74) is 0.0358. The smallest absolute Gasteiger partial charge is 0.349 e. The van der Waals surface area contributed by atoms with E-state index in [9.17, 15) is 22.0 Å². The van der Waals surface area contributed by atoms with Crippen molar-refractivity contribution in [2.24, 2.45) is 0 Å². The highest BCUT2D eigenvalue weighted by molar-refractivity contribution is 8.03. The van der Waals surface area contributed by atoms with Gasteiger partial charge in [-0.2, -0.15) is 13.2 Å². The summed E-state index contributed by atoms with van der Waals surface area (Å²) < 4.78 is 68.6. The van der Waals surface area contributed by atoms with Gasteiger partial charge in [0.1, 0.15) is 23.9 Å². The number of alkyl halides is 5. The van der Waals surface area contributed by atoms with Gasteiger partial charge < -0.3 is 4.52 Å². The van der Waals surface area contributed by atoms with Gasteiger partial charge in [0.15, 0.2) is 5.09 Å². The van der Waals surface area contributed by atoms with E-state index in [1.807, 2.05) is 0 Å². The second kappa shape index (κ2) is 6.95. The molecular weight excluding hydrogens is 325 g/mol. The first-order valence-electron chi connectivity index (χ1n) is 6.07. The van der Waals surface area contributed by atoms with Gasteiger partial charge in [0.25, 0.3) is 0 Å². The number of allylic oxidation sites excluding steroid dienone is 2. The number of hydrogen-bond acceptors (Lipinski definition) is 3. The molecule has 0 unspecified atom stereocenters. The Morgan fingerprint density at radius 2 is 1.73 bits per heavy atom. The van der Waals surface area contributed by atoms with Gasteiger partial charge in [0.2, 0.25) is 0 Å². The summed E-state index contributed by atoms with van der Waals surface area (Å²) in [5, 5.41) is 3.47. The van der Waals surface area contributed by atoms with Crippen LogP contribution in [0.5, 0.6) is 0 Å². The fourth-order valence-electron chi connectivity index (χ4n) is 1.64. The van der Waals surface area contributed by atoms with Crippen LogP contribution in [0.25, 0.3) is 11.3 Å². The maximum absolute atomic E-state index is 12.9. The molecule has 0 bridgehead atoms. The van der Waals surface area contributed by atoms with E-state index in [0.29, 0.717) is 11.3 Å². The molecule has 0 spiro atoms. The molecule has 0 saturated heterocycles. The van der Waals surface area contributed by atoms with Gasteiger partial charge in [-0.15, -0.1) is 0 Å². The highest BCUT2D eigenvalue weighted by atomic mass is 32.2. The quantitative estimate of drug-likeness (QED) is 0.556. The van der Waals surface area contributed by atoms with Crippen molar-refractivity contribution in [1.29, 1.82) is 0 Å². The first kappa shape index (κ1) is 16.5. The minimum Gasteiger partial charge on any atom is -0.349 e. The van der Waals surface area contributed by atoms with Crippen molar-refractivity contribution < 1.29 is 26.5 Å². The first-order valence-corrected chi connectivity index (χ1v) is 6.88. The number of halogens is 5. The van der Waals surface area contributed by atoms with Crippen LogP contribution in [-0.2, 0) is 0 Å². The molecule has 0 N–H and O–H groups in total. The van der Waals surface area contributed by atoms with Crippen LogP contribution in [-0.4, -0.2) is 24.7 Å². The van der Waals surface area contributed by atoms with Crippen LogP contribution in [0, 0.1) is 0 Å². The zero-order valence-electron chi connectivity index (χ0n) is 11.0. The average Bonchev–Trinajstić information content (AvgIpc) is 2.96. The third kappa shape index (κ3) is 3.88. The van der Waals surface area contributed by atoms with Gasteiger partial charge >= 0.3 is 6.18 Å². The predicted octanol–water partition coefficient (Wildman–Crippen LogP) is 5.19. The second-order valence-corrected chi connectivity index (χ2v) is 5.21. The Balaban J connectivity index is 2.29. The van der Waals surface area contributed by atoms with E-state index in [1.54, 1.807) is 30.3 Å². The van der Waals surface area contributed by atoms with Gasteiger partial charge in [-0.3, -0.25) is 0 Å². The Kier molecular flexibility index (Phi) is 5.23. The minimum absolute atomic E-state index is 0.114. The normalized spacial score (nSPS) is 11.5. The minimum atomic E-state index is -4.86. The van der Waals surface area contributed by atoms with Crippen LogP contribution in [0.3, 0.4) is 0 Å². The monoisotopic (exact) mass is 335 g/mol. The molecule has 0 aliphatic rings. The van der Waals surface area contributed by atoms with Crippen LogP contribution in [0.1, 0.15) is 0 Å². The van der Waals surface area contributed by atoms with E-state index in [0.717, 1.165) is 0 Å². The number of nitrogens with zero attached hydrogens (tertiary/aromatic N) is 1. The molecule has 1 aromatic heterocycles. The summed E-state index contributed by atoms with van der Waals surface area (Å²) in [4.78, 5) is -1.35. The maximum Gasteiger partial charge on any atom is 0.422 e. The van der Waals surface area contributed by atoms with E-state index in [2.05, 4.69) is 5.16 Å². The molecule has 118 valence electrons. The summed E-state index contributed by atoms with van der Waals surface area (Å²) >= 11 is 0.114. The zero-order chi connectivity index (χ0) is 16.2. The molecule has 2 aromatic rings. The summed E-state index contributed by atoms with van der Waals surface area (Å²) in [6, 6.07) is 9.96. The molecule has 2 rings (SSSR count). The molecule has 0 fully saturated rings. The van der Waals surface area contributed by atoms with Crippen molar-refractivity contribution in [1.82, 2.24) is 5.16 Å². The van der Waals surface area contributed by atoms with Crippen molar-refractivity contribution >= 4 is 11.8 Å². The Labute approximate surface area is 127 Å². The lowest BCUT2D eigenvalue weighted by molar-refractivity contribution is -0.0848. The average molecular weight is 335 g/mol. The van der Waals surface area contributed by atoms with E-state index in [-0.39, 0.29) is 16.9 Å². The van der Waals surface area contributed by atoms with E-state index < -0.39 is 30.0 Å². The van der Waals surface area contributed by atoms with Gasteiger partial charge in [0.05, 0.1) is 0 Å². The van der Waals surface area contributed by atoms with Crippen molar-refractivity contribution in [3.63, 3.8) is 0 Å². The van der Waals surface area contributed by atoms with Gasteiger partial charge in [0, 0.05) is 17.2 Å². The molecule has 2 nitrogen and oxygen atoms in total. The molecule has 0 aliphatic heterocycles. The lowest BCUT2D eigenvalue weighted by Crippen LogP contribution is -2.13. The number of hydrogen-bond donors (Lipinski definition) is 0. The van der Waals surface area contributed by atoms with Crippen LogP contribution >= 0.6 is 11.8 Å². The Morgan fingerprint density at radius 3 is 2.27 bits per heavy atom. The lowest BCUT2D eigenvalue weighted by Gasteiger charge is -2.12. The van der Waals surface area contributed by atoms with Crippen molar-refractivity contribution in [3.8, 4) is 11.3 Å². The van der Waals surface area contributed by atoms with Crippen molar-refractivity contribution in [3.05, 3.63) is 46.9 Å². The number of thioether (sulfide) groups is 1. The molecule has 22 heavy (non-hydrogen) atoms. The first-order chi connectivity index (χ1) is 10.5. The van der Waals surface area contributed by atoms with Crippen LogP contribution in [0.2, 0.25) is 0 Å². The molecule has 1 heterocycles. The summed E-state index contributed by atoms with van der Waals surface area (Å²) in [7, 11) is 0. The molecule has 8 heteroatoms. The number of rotatable bonds is 5. The molecule has 0 amide bonds. The van der Waals surface area contributed by atoms with Gasteiger partial charge in [-0.25, -0.2) is 8.78 Å². The maximum atomic E-state index is 12.9. The third-order valence-electron chi connectivity index (χ3n) is 2.66. The summed E-state index contributed by atoms with van der Waals surface area (Å²) in [5.74, 6) is 0. The number of aromatic nitrogens is 1. The Hall–Kier alpha value is -1.83. The Morgan fingerprint density at radius 1 is 1.09 bits per heavy atom. The van der Waals surface area contributed by atoms with Gasteiger partial charge in [-0.05, 0) is 11.8 Å². The SMILES string of the molecule is FCC(CF)=C(Sc1cc(-c2ccccc2)no1)C(F)(F)F. The van der Waals surface area contributed by atoms with E-state index in [4.69, 9.17) is 4.52 Å². The van der Waals surface area contributed by atoms with Crippen LogP contribution in [0.4, 0.5) is 22.0 Å². The highest BCUT2D eigenvalue weighted by Gasteiger charge is 2.38. The fraction of sp³-hybridized carbons (Fsp3) is 0.214. The summed E-state index contributed by atoms with van der Waals surface area (Å²) in [6.07, 6.45) is -4.86. The third-order valence-corrected chi connectivity index (χ3v) is 3.78. The van der Waals surface area contributed by atoms with E-state index in [1.165, 1.54) is 6.07 Å². The number of benzene rings is 1. The molecule has 0 aliphatic carbocycles. The molecular formula is C14H10F5NOS. The lowest BCUT2D eigenvalue weighted by atomic mass is 10.2. The van der Waals surface area contributed by atoms with Gasteiger partial charge in [-0.1, -0.05) is 35.5 Å². The largest absolute Gasteiger partial charge is 0.422 e. The molecule has 0 saturated carbocycles. The highest BCUT2D eigenvalue weighted by Crippen LogP contribution is 2.42.